The number of aliphatic hydroxyl groups is 2. The highest BCUT2D eigenvalue weighted by molar-refractivity contribution is 6.42. The third-order valence-electron chi connectivity index (χ3n) is 3.07. The molecule has 1 saturated heterocycles. The minimum atomic E-state index is -0.718. The molecule has 1 aromatic carbocycles. The summed E-state index contributed by atoms with van der Waals surface area (Å²) in [5.74, 6) is 0. The van der Waals surface area contributed by atoms with Crippen LogP contribution in [-0.2, 0) is 9.47 Å². The normalized spacial score (nSPS) is 19.8. The van der Waals surface area contributed by atoms with Crippen LogP contribution in [0.25, 0.3) is 0 Å². The van der Waals surface area contributed by atoms with Crippen LogP contribution in [0.4, 0.5) is 0 Å². The van der Waals surface area contributed by atoms with Gasteiger partial charge in [0, 0.05) is 13.7 Å². The van der Waals surface area contributed by atoms with Crippen molar-refractivity contribution in [3.05, 3.63) is 33.8 Å². The minimum absolute atomic E-state index is 0.134. The summed E-state index contributed by atoms with van der Waals surface area (Å²) in [6.45, 7) is 2.61. The number of nitrogens with one attached hydrogen (secondary N) is 1. The zero-order valence-electron chi connectivity index (χ0n) is 12.6. The molecule has 1 heterocycles. The second-order valence-electron chi connectivity index (χ2n) is 4.86. The third-order valence-corrected chi connectivity index (χ3v) is 3.81. The Hall–Kier alpha value is -0.400. The Morgan fingerprint density at radius 3 is 2.73 bits per heavy atom. The Bertz CT molecular complexity index is 426. The van der Waals surface area contributed by atoms with Gasteiger partial charge in [-0.2, -0.15) is 0 Å². The summed E-state index contributed by atoms with van der Waals surface area (Å²) in [6.07, 6.45) is 0.387. The lowest BCUT2D eigenvalue weighted by Gasteiger charge is -2.15. The second kappa shape index (κ2) is 11.2. The van der Waals surface area contributed by atoms with Gasteiger partial charge in [-0.1, -0.05) is 29.3 Å². The van der Waals surface area contributed by atoms with Gasteiger partial charge in [-0.05, 0) is 30.7 Å². The van der Waals surface area contributed by atoms with E-state index >= 15 is 0 Å². The zero-order chi connectivity index (χ0) is 16.4. The third kappa shape index (κ3) is 7.24. The minimum Gasteiger partial charge on any atom is -0.394 e. The number of halogens is 2. The molecule has 0 aliphatic carbocycles. The first kappa shape index (κ1) is 19.6. The lowest BCUT2D eigenvalue weighted by atomic mass is 10.1. The summed E-state index contributed by atoms with van der Waals surface area (Å²) in [6, 6.07) is 5.69. The van der Waals surface area contributed by atoms with Crippen LogP contribution >= 0.6 is 23.2 Å². The molecule has 0 saturated carbocycles. The van der Waals surface area contributed by atoms with Crippen molar-refractivity contribution in [1.82, 2.24) is 5.32 Å². The molecule has 126 valence electrons. The van der Waals surface area contributed by atoms with Gasteiger partial charge in [0.15, 0.2) is 0 Å². The Labute approximate surface area is 141 Å². The fourth-order valence-corrected chi connectivity index (χ4v) is 2.24. The highest BCUT2D eigenvalue weighted by Gasteiger charge is 2.15. The van der Waals surface area contributed by atoms with Crippen molar-refractivity contribution in [2.24, 2.45) is 0 Å². The molecule has 0 amide bonds. The van der Waals surface area contributed by atoms with E-state index in [9.17, 15) is 0 Å². The van der Waals surface area contributed by atoms with E-state index in [0.29, 0.717) is 10.0 Å². The number of ether oxygens (including phenoxy) is 2. The lowest BCUT2D eigenvalue weighted by Crippen LogP contribution is -2.17. The fraction of sp³-hybridized carbons (Fsp3) is 0.600. The largest absolute Gasteiger partial charge is 0.394 e. The molecule has 2 rings (SSSR count). The molecule has 2 unspecified atom stereocenters. The van der Waals surface area contributed by atoms with Crippen molar-refractivity contribution < 1.29 is 19.7 Å². The highest BCUT2D eigenvalue weighted by atomic mass is 35.5. The van der Waals surface area contributed by atoms with Crippen LogP contribution in [0.1, 0.15) is 18.1 Å². The van der Waals surface area contributed by atoms with Crippen molar-refractivity contribution >= 4 is 23.2 Å². The quantitative estimate of drug-likeness (QED) is 0.774. The lowest BCUT2D eigenvalue weighted by molar-refractivity contribution is 0.0254. The number of benzene rings is 1. The van der Waals surface area contributed by atoms with Crippen LogP contribution in [0.3, 0.4) is 0 Å². The predicted octanol–water partition coefficient (Wildman–Crippen LogP) is 2.03. The first-order valence-electron chi connectivity index (χ1n) is 7.13. The molecule has 2 atom stereocenters. The molecule has 1 fully saturated rings. The van der Waals surface area contributed by atoms with Gasteiger partial charge in [0.2, 0.25) is 0 Å². The Morgan fingerprint density at radius 2 is 2.14 bits per heavy atom. The fourth-order valence-electron chi connectivity index (χ4n) is 1.94. The zero-order valence-corrected chi connectivity index (χ0v) is 14.1. The Kier molecular flexibility index (Phi) is 9.99. The van der Waals surface area contributed by atoms with E-state index < -0.39 is 6.10 Å². The van der Waals surface area contributed by atoms with Gasteiger partial charge in [-0.3, -0.25) is 0 Å². The van der Waals surface area contributed by atoms with Crippen molar-refractivity contribution in [2.75, 3.05) is 40.0 Å². The van der Waals surface area contributed by atoms with Gasteiger partial charge in [0.05, 0.1) is 36.0 Å². The smallest absolute Gasteiger partial charge is 0.100 e. The SMILES string of the molecule is COCC(O)CO.Clc1ccc(C2CCNCCO2)cc1Cl. The van der Waals surface area contributed by atoms with E-state index in [1.54, 1.807) is 0 Å². The number of hydrogen-bond donors (Lipinski definition) is 3. The molecule has 0 aromatic heterocycles. The van der Waals surface area contributed by atoms with Crippen LogP contribution in [0.5, 0.6) is 0 Å². The van der Waals surface area contributed by atoms with E-state index in [1.165, 1.54) is 7.11 Å². The topological polar surface area (TPSA) is 71.0 Å². The number of hydrogen-bond acceptors (Lipinski definition) is 5. The molecular formula is C15H23Cl2NO4. The first-order chi connectivity index (χ1) is 10.6. The van der Waals surface area contributed by atoms with Gasteiger partial charge < -0.3 is 25.0 Å². The average Bonchev–Trinajstić information content (AvgIpc) is 2.80. The van der Waals surface area contributed by atoms with E-state index in [2.05, 4.69) is 10.1 Å². The molecule has 22 heavy (non-hydrogen) atoms. The molecule has 0 bridgehead atoms. The summed E-state index contributed by atoms with van der Waals surface area (Å²) >= 11 is 11.8. The van der Waals surface area contributed by atoms with Crippen LogP contribution in [-0.4, -0.2) is 56.3 Å². The number of methoxy groups -OCH3 is 1. The first-order valence-corrected chi connectivity index (χ1v) is 7.89. The predicted molar refractivity (Wildman–Crippen MR) is 87.6 cm³/mol. The van der Waals surface area contributed by atoms with E-state index in [4.69, 9.17) is 38.2 Å². The molecule has 1 aliphatic rings. The summed E-state index contributed by atoms with van der Waals surface area (Å²) in [5.41, 5.74) is 1.10. The highest BCUT2D eigenvalue weighted by Crippen LogP contribution is 2.28. The number of aliphatic hydroxyl groups excluding tert-OH is 2. The summed E-state index contributed by atoms with van der Waals surface area (Å²) in [4.78, 5) is 0. The Balaban J connectivity index is 0.000000295. The molecule has 1 aliphatic heterocycles. The Morgan fingerprint density at radius 1 is 1.36 bits per heavy atom. The molecule has 0 spiro atoms. The van der Waals surface area contributed by atoms with Crippen molar-refractivity contribution in [1.29, 1.82) is 0 Å². The van der Waals surface area contributed by atoms with Crippen LogP contribution in [0, 0.1) is 0 Å². The molecular weight excluding hydrogens is 329 g/mol. The van der Waals surface area contributed by atoms with Gasteiger partial charge >= 0.3 is 0 Å². The maximum absolute atomic E-state index is 8.48. The summed E-state index contributed by atoms with van der Waals surface area (Å²) < 4.78 is 10.2. The average molecular weight is 352 g/mol. The summed E-state index contributed by atoms with van der Waals surface area (Å²) in [5, 5.41) is 21.1. The maximum atomic E-state index is 8.48. The molecule has 1 aromatic rings. The van der Waals surface area contributed by atoms with E-state index in [1.807, 2.05) is 18.2 Å². The van der Waals surface area contributed by atoms with E-state index in [0.717, 1.165) is 31.7 Å². The molecule has 0 radical (unpaired) electrons. The van der Waals surface area contributed by atoms with Crippen LogP contribution < -0.4 is 5.32 Å². The second-order valence-corrected chi connectivity index (χ2v) is 5.68. The van der Waals surface area contributed by atoms with Crippen LogP contribution in [0.2, 0.25) is 10.0 Å². The van der Waals surface area contributed by atoms with Gasteiger partial charge in [0.25, 0.3) is 0 Å². The van der Waals surface area contributed by atoms with Gasteiger partial charge in [0.1, 0.15) is 6.10 Å². The molecule has 3 N–H and O–H groups in total. The van der Waals surface area contributed by atoms with Gasteiger partial charge in [-0.25, -0.2) is 0 Å². The van der Waals surface area contributed by atoms with E-state index in [-0.39, 0.29) is 19.3 Å². The summed E-state index contributed by atoms with van der Waals surface area (Å²) in [7, 11) is 1.47. The molecule has 7 heteroatoms. The van der Waals surface area contributed by atoms with Crippen LogP contribution in [0.15, 0.2) is 18.2 Å². The maximum Gasteiger partial charge on any atom is 0.100 e. The number of rotatable bonds is 4. The van der Waals surface area contributed by atoms with Crippen molar-refractivity contribution in [3.8, 4) is 0 Å². The molecule has 5 nitrogen and oxygen atoms in total. The van der Waals surface area contributed by atoms with Crippen molar-refractivity contribution in [2.45, 2.75) is 18.6 Å². The van der Waals surface area contributed by atoms with Gasteiger partial charge in [-0.15, -0.1) is 0 Å². The standard InChI is InChI=1S/C11H13Cl2NO.C4H10O3/c12-9-2-1-8(7-10(9)13)11-3-4-14-5-6-15-11;1-7-3-4(6)2-5/h1-2,7,11,14H,3-6H2;4-6H,2-3H2,1H3. The monoisotopic (exact) mass is 351 g/mol. The van der Waals surface area contributed by atoms with Crippen molar-refractivity contribution in [3.63, 3.8) is 0 Å².